The van der Waals surface area contributed by atoms with E-state index in [9.17, 15) is 0 Å². The standard InChI is InChI=1S/C13H22ClN3/c1-10(2)17-7-6-12(16-17)9-15-13-5-3-4-11(13)8-14/h6-7,10-11,13,15H,3-5,8-9H2,1-2H3. The molecule has 1 fully saturated rings. The van der Waals surface area contributed by atoms with Gasteiger partial charge in [-0.05, 0) is 38.7 Å². The van der Waals surface area contributed by atoms with E-state index < -0.39 is 0 Å². The molecule has 1 aliphatic rings. The highest BCUT2D eigenvalue weighted by molar-refractivity contribution is 6.18. The molecule has 1 saturated carbocycles. The number of rotatable bonds is 5. The molecule has 0 saturated heterocycles. The number of aromatic nitrogens is 2. The second-order valence-electron chi connectivity index (χ2n) is 5.21. The second-order valence-corrected chi connectivity index (χ2v) is 5.52. The highest BCUT2D eigenvalue weighted by Gasteiger charge is 2.25. The molecule has 0 bridgehead atoms. The van der Waals surface area contributed by atoms with Gasteiger partial charge in [0.2, 0.25) is 0 Å². The first-order valence-corrected chi connectivity index (χ1v) is 7.07. The Kier molecular flexibility index (Phi) is 4.46. The summed E-state index contributed by atoms with van der Waals surface area (Å²) in [5, 5.41) is 8.13. The molecule has 1 aromatic rings. The van der Waals surface area contributed by atoms with E-state index in [2.05, 4.69) is 36.5 Å². The van der Waals surface area contributed by atoms with Gasteiger partial charge in [-0.25, -0.2) is 0 Å². The quantitative estimate of drug-likeness (QED) is 0.820. The lowest BCUT2D eigenvalue weighted by Crippen LogP contribution is -2.32. The minimum absolute atomic E-state index is 0.436. The molecule has 1 N–H and O–H groups in total. The summed E-state index contributed by atoms with van der Waals surface area (Å²) in [7, 11) is 0. The van der Waals surface area contributed by atoms with Crippen LogP contribution in [0, 0.1) is 5.92 Å². The molecule has 0 radical (unpaired) electrons. The molecule has 1 heterocycles. The van der Waals surface area contributed by atoms with Gasteiger partial charge < -0.3 is 5.32 Å². The van der Waals surface area contributed by atoms with Crippen LogP contribution in [0.15, 0.2) is 12.3 Å². The Morgan fingerprint density at radius 1 is 1.53 bits per heavy atom. The Morgan fingerprint density at radius 2 is 2.35 bits per heavy atom. The summed E-state index contributed by atoms with van der Waals surface area (Å²) in [5.74, 6) is 1.42. The number of nitrogens with one attached hydrogen (secondary N) is 1. The van der Waals surface area contributed by atoms with Gasteiger partial charge in [-0.2, -0.15) is 5.10 Å². The molecule has 4 heteroatoms. The van der Waals surface area contributed by atoms with Crippen LogP contribution in [0.25, 0.3) is 0 Å². The van der Waals surface area contributed by atoms with Gasteiger partial charge in [0.05, 0.1) is 5.69 Å². The predicted molar refractivity (Wildman–Crippen MR) is 71.3 cm³/mol. The molecule has 1 aromatic heterocycles. The van der Waals surface area contributed by atoms with Gasteiger partial charge in [0.1, 0.15) is 0 Å². The van der Waals surface area contributed by atoms with Gasteiger partial charge in [0, 0.05) is 30.7 Å². The van der Waals surface area contributed by atoms with Crippen molar-refractivity contribution in [1.29, 1.82) is 0 Å². The number of hydrogen-bond donors (Lipinski definition) is 1. The zero-order valence-corrected chi connectivity index (χ0v) is 11.5. The fourth-order valence-corrected chi connectivity index (χ4v) is 2.85. The molecule has 2 rings (SSSR count). The zero-order valence-electron chi connectivity index (χ0n) is 10.7. The monoisotopic (exact) mass is 255 g/mol. The number of halogens is 1. The summed E-state index contributed by atoms with van der Waals surface area (Å²) in [6.07, 6.45) is 5.87. The van der Waals surface area contributed by atoms with Crippen LogP contribution in [0.1, 0.15) is 44.8 Å². The lowest BCUT2D eigenvalue weighted by molar-refractivity contribution is 0.424. The van der Waals surface area contributed by atoms with E-state index >= 15 is 0 Å². The van der Waals surface area contributed by atoms with E-state index in [0.29, 0.717) is 18.0 Å². The Morgan fingerprint density at radius 3 is 3.00 bits per heavy atom. The topological polar surface area (TPSA) is 29.9 Å². The highest BCUT2D eigenvalue weighted by Crippen LogP contribution is 2.26. The molecular weight excluding hydrogens is 234 g/mol. The molecule has 0 aromatic carbocycles. The van der Waals surface area contributed by atoms with Gasteiger partial charge in [-0.15, -0.1) is 11.6 Å². The first-order valence-electron chi connectivity index (χ1n) is 6.54. The first kappa shape index (κ1) is 12.9. The van der Waals surface area contributed by atoms with Crippen molar-refractivity contribution in [3.05, 3.63) is 18.0 Å². The predicted octanol–water partition coefficient (Wildman–Crippen LogP) is 2.96. The van der Waals surface area contributed by atoms with Crippen molar-refractivity contribution in [2.45, 2.75) is 51.7 Å². The van der Waals surface area contributed by atoms with Crippen molar-refractivity contribution in [1.82, 2.24) is 15.1 Å². The number of hydrogen-bond acceptors (Lipinski definition) is 2. The maximum absolute atomic E-state index is 5.97. The summed E-state index contributed by atoms with van der Waals surface area (Å²) in [6.45, 7) is 5.15. The van der Waals surface area contributed by atoms with Crippen LogP contribution in [-0.4, -0.2) is 21.7 Å². The Labute approximate surface area is 109 Å². The Balaban J connectivity index is 1.84. The van der Waals surface area contributed by atoms with E-state index in [1.165, 1.54) is 19.3 Å². The van der Waals surface area contributed by atoms with E-state index in [4.69, 9.17) is 11.6 Å². The van der Waals surface area contributed by atoms with Crippen molar-refractivity contribution in [2.75, 3.05) is 5.88 Å². The third-order valence-corrected chi connectivity index (χ3v) is 3.99. The zero-order chi connectivity index (χ0) is 12.3. The molecule has 0 spiro atoms. The maximum Gasteiger partial charge on any atom is 0.0762 e. The van der Waals surface area contributed by atoms with Crippen LogP contribution in [0.4, 0.5) is 0 Å². The van der Waals surface area contributed by atoms with E-state index in [1.807, 2.05) is 4.68 Å². The van der Waals surface area contributed by atoms with Crippen LogP contribution < -0.4 is 5.32 Å². The smallest absolute Gasteiger partial charge is 0.0762 e. The normalized spacial score (nSPS) is 24.7. The number of alkyl halides is 1. The summed E-state index contributed by atoms with van der Waals surface area (Å²) in [6, 6.07) is 3.11. The lowest BCUT2D eigenvalue weighted by atomic mass is 10.1. The summed E-state index contributed by atoms with van der Waals surface area (Å²) in [5.41, 5.74) is 1.12. The molecule has 3 nitrogen and oxygen atoms in total. The van der Waals surface area contributed by atoms with Crippen LogP contribution in [-0.2, 0) is 6.54 Å². The van der Waals surface area contributed by atoms with Gasteiger partial charge in [0.15, 0.2) is 0 Å². The third kappa shape index (κ3) is 3.23. The molecule has 96 valence electrons. The molecule has 17 heavy (non-hydrogen) atoms. The van der Waals surface area contributed by atoms with Gasteiger partial charge in [0.25, 0.3) is 0 Å². The maximum atomic E-state index is 5.97. The third-order valence-electron chi connectivity index (χ3n) is 3.60. The molecule has 1 aliphatic carbocycles. The van der Waals surface area contributed by atoms with Gasteiger partial charge >= 0.3 is 0 Å². The van der Waals surface area contributed by atoms with Crippen LogP contribution >= 0.6 is 11.6 Å². The van der Waals surface area contributed by atoms with Gasteiger partial charge in [-0.1, -0.05) is 6.42 Å². The average molecular weight is 256 g/mol. The highest BCUT2D eigenvalue weighted by atomic mass is 35.5. The number of nitrogens with zero attached hydrogens (tertiary/aromatic N) is 2. The lowest BCUT2D eigenvalue weighted by Gasteiger charge is -2.18. The van der Waals surface area contributed by atoms with E-state index in [0.717, 1.165) is 18.1 Å². The SMILES string of the molecule is CC(C)n1ccc(CNC2CCCC2CCl)n1. The van der Waals surface area contributed by atoms with E-state index in [1.54, 1.807) is 0 Å². The van der Waals surface area contributed by atoms with Crippen molar-refractivity contribution < 1.29 is 0 Å². The molecule has 2 atom stereocenters. The van der Waals surface area contributed by atoms with Crippen LogP contribution in [0.2, 0.25) is 0 Å². The van der Waals surface area contributed by atoms with Gasteiger partial charge in [-0.3, -0.25) is 4.68 Å². The Bertz CT molecular complexity index is 348. The fourth-order valence-electron chi connectivity index (χ4n) is 2.49. The van der Waals surface area contributed by atoms with Crippen molar-refractivity contribution in [3.63, 3.8) is 0 Å². The minimum atomic E-state index is 0.436. The second kappa shape index (κ2) is 5.87. The van der Waals surface area contributed by atoms with Crippen LogP contribution in [0.5, 0.6) is 0 Å². The van der Waals surface area contributed by atoms with Crippen LogP contribution in [0.3, 0.4) is 0 Å². The molecular formula is C13H22ClN3. The van der Waals surface area contributed by atoms with E-state index in [-0.39, 0.29) is 0 Å². The largest absolute Gasteiger partial charge is 0.308 e. The first-order chi connectivity index (χ1) is 8.20. The van der Waals surface area contributed by atoms with Crippen molar-refractivity contribution >= 4 is 11.6 Å². The fraction of sp³-hybridized carbons (Fsp3) is 0.769. The summed E-state index contributed by atoms with van der Waals surface area (Å²) < 4.78 is 2.00. The Hall–Kier alpha value is -0.540. The molecule has 2 unspecified atom stereocenters. The summed E-state index contributed by atoms with van der Waals surface area (Å²) >= 11 is 5.97. The van der Waals surface area contributed by atoms with Crippen molar-refractivity contribution in [3.8, 4) is 0 Å². The minimum Gasteiger partial charge on any atom is -0.308 e. The van der Waals surface area contributed by atoms with Crippen molar-refractivity contribution in [2.24, 2.45) is 5.92 Å². The summed E-state index contributed by atoms with van der Waals surface area (Å²) in [4.78, 5) is 0. The average Bonchev–Trinajstić information content (AvgIpc) is 2.95. The molecule has 0 amide bonds. The molecule has 0 aliphatic heterocycles.